The molecule has 0 radical (unpaired) electrons. The van der Waals surface area contributed by atoms with Gasteiger partial charge in [-0.3, -0.25) is 4.99 Å². The zero-order chi connectivity index (χ0) is 22.1. The van der Waals surface area contributed by atoms with Crippen LogP contribution in [0.15, 0.2) is 59.2 Å². The predicted octanol–water partition coefficient (Wildman–Crippen LogP) is 4.82. The van der Waals surface area contributed by atoms with Crippen LogP contribution in [0.2, 0.25) is 0 Å². The van der Waals surface area contributed by atoms with Crippen molar-refractivity contribution in [3.8, 4) is 5.75 Å². The van der Waals surface area contributed by atoms with Gasteiger partial charge in [0.2, 0.25) is 0 Å². The number of hydrogen-bond donors (Lipinski definition) is 0. The molecule has 0 aromatic heterocycles. The number of nitrogens with zero attached hydrogens (tertiary/aromatic N) is 1. The number of carbonyl (C=O) groups excluding carboxylic acids is 1. The highest BCUT2D eigenvalue weighted by Crippen LogP contribution is 2.28. The largest absolute Gasteiger partial charge is 0.862 e. The lowest BCUT2D eigenvalue weighted by atomic mass is 10.0. The Bertz CT molecular complexity index is 925. The fourth-order valence-electron chi connectivity index (χ4n) is 3.85. The number of aliphatic imine (C=N–C) groups is 1. The molecule has 1 aliphatic carbocycles. The van der Waals surface area contributed by atoms with E-state index in [1.54, 1.807) is 6.08 Å². The van der Waals surface area contributed by atoms with Crippen molar-refractivity contribution in [1.29, 1.82) is 0 Å². The summed E-state index contributed by atoms with van der Waals surface area (Å²) < 4.78 is 10.6. The summed E-state index contributed by atoms with van der Waals surface area (Å²) in [7, 11) is 1.29. The van der Waals surface area contributed by atoms with E-state index in [4.69, 9.17) is 9.47 Å². The molecule has 2 aromatic rings. The molecule has 5 nitrogen and oxygen atoms in total. The van der Waals surface area contributed by atoms with E-state index in [0.717, 1.165) is 23.3 Å². The van der Waals surface area contributed by atoms with E-state index < -0.39 is 5.97 Å². The van der Waals surface area contributed by atoms with Gasteiger partial charge in [0.1, 0.15) is 18.1 Å². The van der Waals surface area contributed by atoms with Crippen LogP contribution in [-0.2, 0) is 16.1 Å². The number of carbonyl (C=O) groups is 1. The molecule has 0 bridgehead atoms. The summed E-state index contributed by atoms with van der Waals surface area (Å²) in [4.78, 5) is 16.1. The third-order valence-electron chi connectivity index (χ3n) is 5.55. The van der Waals surface area contributed by atoms with Crippen molar-refractivity contribution in [3.63, 3.8) is 0 Å². The van der Waals surface area contributed by atoms with Crippen LogP contribution >= 0.6 is 0 Å². The third-order valence-corrected chi connectivity index (χ3v) is 5.55. The van der Waals surface area contributed by atoms with Gasteiger partial charge in [0, 0.05) is 0 Å². The minimum atomic E-state index is -0.617. The highest BCUT2D eigenvalue weighted by Gasteiger charge is 2.14. The summed E-state index contributed by atoms with van der Waals surface area (Å²) in [6.45, 7) is 2.53. The first kappa shape index (κ1) is 22.6. The van der Waals surface area contributed by atoms with Crippen LogP contribution in [0, 0.1) is 12.8 Å². The molecule has 31 heavy (non-hydrogen) atoms. The number of ether oxygens (including phenoxy) is 2. The van der Waals surface area contributed by atoms with Crippen LogP contribution in [0.5, 0.6) is 5.75 Å². The molecular weight excluding hydrogens is 390 g/mol. The van der Waals surface area contributed by atoms with Gasteiger partial charge in [-0.15, -0.1) is 0 Å². The fraction of sp³-hybridized carbons (Fsp3) is 0.385. The summed E-state index contributed by atoms with van der Waals surface area (Å²) in [6, 6.07) is 15.5. The maximum atomic E-state index is 12.3. The average molecular weight is 421 g/mol. The van der Waals surface area contributed by atoms with Crippen molar-refractivity contribution in [2.75, 3.05) is 7.11 Å². The molecule has 1 saturated carbocycles. The Morgan fingerprint density at radius 1 is 1.16 bits per heavy atom. The maximum Gasteiger partial charge on any atom is 0.356 e. The molecule has 0 amide bonds. The Kier molecular flexibility index (Phi) is 8.27. The average Bonchev–Trinajstić information content (AvgIpc) is 3.30. The Balaban J connectivity index is 1.63. The van der Waals surface area contributed by atoms with Gasteiger partial charge in [-0.1, -0.05) is 67.6 Å². The van der Waals surface area contributed by atoms with Gasteiger partial charge in [0.25, 0.3) is 0 Å². The molecule has 5 heteroatoms. The van der Waals surface area contributed by atoms with Gasteiger partial charge < -0.3 is 14.6 Å². The van der Waals surface area contributed by atoms with E-state index >= 15 is 0 Å². The molecule has 1 fully saturated rings. The lowest BCUT2D eigenvalue weighted by molar-refractivity contribution is -0.219. The number of rotatable bonds is 9. The lowest BCUT2D eigenvalue weighted by Gasteiger charge is -2.14. The number of aryl methyl sites for hydroxylation is 1. The van der Waals surface area contributed by atoms with Crippen LogP contribution in [-0.4, -0.2) is 19.0 Å². The highest BCUT2D eigenvalue weighted by molar-refractivity contribution is 5.95. The van der Waals surface area contributed by atoms with E-state index in [0.29, 0.717) is 18.9 Å². The van der Waals surface area contributed by atoms with Gasteiger partial charge in [0.05, 0.1) is 7.11 Å². The SMILES string of the molecule is COC(=O)/C(=C/c1ccc(OCc2cccc(C)c2)cc1)N=C([O-])CCC1CCCC1. The first-order chi connectivity index (χ1) is 15.0. The van der Waals surface area contributed by atoms with E-state index in [-0.39, 0.29) is 11.6 Å². The summed E-state index contributed by atoms with van der Waals surface area (Å²) >= 11 is 0. The number of methoxy groups -OCH3 is 1. The van der Waals surface area contributed by atoms with Crippen LogP contribution in [0.25, 0.3) is 6.08 Å². The van der Waals surface area contributed by atoms with Crippen molar-refractivity contribution in [2.45, 2.75) is 52.1 Å². The summed E-state index contributed by atoms with van der Waals surface area (Å²) in [6.07, 6.45) is 7.64. The van der Waals surface area contributed by atoms with Crippen molar-refractivity contribution < 1.29 is 19.4 Å². The number of benzene rings is 2. The second kappa shape index (κ2) is 11.3. The first-order valence-corrected chi connectivity index (χ1v) is 10.9. The number of hydrogen-bond acceptors (Lipinski definition) is 5. The Morgan fingerprint density at radius 2 is 1.90 bits per heavy atom. The van der Waals surface area contributed by atoms with Crippen LogP contribution in [0.1, 0.15) is 55.2 Å². The van der Waals surface area contributed by atoms with E-state index in [1.165, 1.54) is 38.4 Å². The molecular formula is C26H30NO4-. The zero-order valence-corrected chi connectivity index (χ0v) is 18.3. The van der Waals surface area contributed by atoms with Crippen LogP contribution < -0.4 is 9.84 Å². The number of esters is 1. The molecule has 1 aliphatic rings. The zero-order valence-electron chi connectivity index (χ0n) is 18.3. The topological polar surface area (TPSA) is 71.0 Å². The minimum absolute atomic E-state index is 0.0207. The Morgan fingerprint density at radius 3 is 2.58 bits per heavy atom. The smallest absolute Gasteiger partial charge is 0.356 e. The Labute approximate surface area is 184 Å². The molecule has 0 unspecified atom stereocenters. The van der Waals surface area contributed by atoms with Gasteiger partial charge in [-0.2, -0.15) is 0 Å². The van der Waals surface area contributed by atoms with Crippen LogP contribution in [0.4, 0.5) is 0 Å². The molecule has 0 aliphatic heterocycles. The van der Waals surface area contributed by atoms with E-state index in [1.807, 2.05) is 49.4 Å². The fourth-order valence-corrected chi connectivity index (χ4v) is 3.85. The molecule has 0 saturated heterocycles. The first-order valence-electron chi connectivity index (χ1n) is 10.9. The molecule has 0 spiro atoms. The second-order valence-corrected chi connectivity index (χ2v) is 8.06. The summed E-state index contributed by atoms with van der Waals surface area (Å²) in [5.41, 5.74) is 3.06. The van der Waals surface area contributed by atoms with Crippen LogP contribution in [0.3, 0.4) is 0 Å². The molecule has 3 rings (SSSR count). The van der Waals surface area contributed by atoms with Gasteiger partial charge in [-0.25, -0.2) is 4.79 Å². The highest BCUT2D eigenvalue weighted by atomic mass is 16.5. The van der Waals surface area contributed by atoms with E-state index in [2.05, 4.69) is 11.1 Å². The monoisotopic (exact) mass is 420 g/mol. The standard InChI is InChI=1S/C26H31NO4/c1-19-6-5-9-22(16-19)18-31-23-13-10-21(11-14-23)17-24(26(29)30-2)27-25(28)15-12-20-7-3-4-8-20/h5-6,9-11,13-14,16-17,20H,3-4,7-8,12,15,18H2,1-2H3,(H,27,28)/p-1/b24-17-. The van der Waals surface area contributed by atoms with Crippen molar-refractivity contribution in [3.05, 3.63) is 70.9 Å². The van der Waals surface area contributed by atoms with Gasteiger partial charge in [0.15, 0.2) is 0 Å². The molecule has 0 heterocycles. The summed E-state index contributed by atoms with van der Waals surface area (Å²) in [5, 5.41) is 12.3. The molecule has 0 N–H and O–H groups in total. The predicted molar refractivity (Wildman–Crippen MR) is 121 cm³/mol. The van der Waals surface area contributed by atoms with Crippen molar-refractivity contribution in [2.24, 2.45) is 10.9 Å². The van der Waals surface area contributed by atoms with Gasteiger partial charge in [-0.05, 0) is 60.9 Å². The normalized spacial score (nSPS) is 15.2. The van der Waals surface area contributed by atoms with Gasteiger partial charge >= 0.3 is 5.97 Å². The Hall–Kier alpha value is -3.08. The van der Waals surface area contributed by atoms with E-state index in [9.17, 15) is 9.90 Å². The van der Waals surface area contributed by atoms with Crippen molar-refractivity contribution >= 4 is 17.9 Å². The second-order valence-electron chi connectivity index (χ2n) is 8.06. The third kappa shape index (κ3) is 7.28. The van der Waals surface area contributed by atoms with Crippen molar-refractivity contribution in [1.82, 2.24) is 0 Å². The molecule has 164 valence electrons. The quantitative estimate of drug-likeness (QED) is 0.252. The lowest BCUT2D eigenvalue weighted by Crippen LogP contribution is -2.20. The maximum absolute atomic E-state index is 12.3. The molecule has 2 aromatic carbocycles. The molecule has 0 atom stereocenters. The summed E-state index contributed by atoms with van der Waals surface area (Å²) in [5.74, 6) is 0.440. The minimum Gasteiger partial charge on any atom is -0.862 e.